The average molecular weight is 376 g/mol. The zero-order valence-electron chi connectivity index (χ0n) is 14.6. The second-order valence-electron chi connectivity index (χ2n) is 6.05. The lowest BCUT2D eigenvalue weighted by Gasteiger charge is -2.21. The molecule has 2 aromatic carbocycles. The number of carbonyl (C=O) groups excluding carboxylic acids is 2. The number of aliphatic hydroxyl groups is 1. The van der Waals surface area contributed by atoms with Crippen molar-refractivity contribution in [3.8, 4) is 11.5 Å². The van der Waals surface area contributed by atoms with Gasteiger partial charge in [-0.1, -0.05) is 11.6 Å². The van der Waals surface area contributed by atoms with Gasteiger partial charge in [0.15, 0.2) is 11.4 Å². The molecule has 6 nitrogen and oxygen atoms in total. The SMILES string of the molecule is COc1ccc(C(=O)CC2(O)C(=O)N(C)c3ccc(Cl)cc32)c(OC)c1. The summed E-state index contributed by atoms with van der Waals surface area (Å²) in [6, 6.07) is 9.52. The number of carbonyl (C=O) groups is 2. The van der Waals surface area contributed by atoms with Crippen LogP contribution in [0.25, 0.3) is 0 Å². The van der Waals surface area contributed by atoms with Gasteiger partial charge in [0.2, 0.25) is 0 Å². The number of Topliss-reactive ketones (excluding diaryl/α,β-unsaturated/α-hetero) is 1. The maximum Gasteiger partial charge on any atom is 0.263 e. The minimum atomic E-state index is -1.98. The van der Waals surface area contributed by atoms with Crippen molar-refractivity contribution in [1.29, 1.82) is 0 Å². The van der Waals surface area contributed by atoms with E-state index in [0.29, 0.717) is 27.8 Å². The van der Waals surface area contributed by atoms with Crippen LogP contribution < -0.4 is 14.4 Å². The first-order valence-corrected chi connectivity index (χ1v) is 8.25. The van der Waals surface area contributed by atoms with Gasteiger partial charge in [-0.2, -0.15) is 0 Å². The molecule has 1 aliphatic heterocycles. The molecular formula is C19H18ClNO5. The fourth-order valence-corrected chi connectivity index (χ4v) is 3.33. The Morgan fingerprint density at radius 3 is 2.58 bits per heavy atom. The van der Waals surface area contributed by atoms with E-state index in [-0.39, 0.29) is 5.56 Å². The number of likely N-dealkylation sites (N-methyl/N-ethyl adjacent to an activating group) is 1. The van der Waals surface area contributed by atoms with Gasteiger partial charge in [0.05, 0.1) is 31.9 Å². The molecule has 0 saturated heterocycles. The maximum absolute atomic E-state index is 12.8. The lowest BCUT2D eigenvalue weighted by atomic mass is 9.88. The van der Waals surface area contributed by atoms with E-state index in [4.69, 9.17) is 21.1 Å². The maximum atomic E-state index is 12.8. The molecule has 136 valence electrons. The Bertz CT molecular complexity index is 897. The highest BCUT2D eigenvalue weighted by atomic mass is 35.5. The number of amides is 1. The molecule has 0 bridgehead atoms. The summed E-state index contributed by atoms with van der Waals surface area (Å²) in [5, 5.41) is 11.4. The van der Waals surface area contributed by atoms with Gasteiger partial charge in [-0.3, -0.25) is 9.59 Å². The third-order valence-electron chi connectivity index (χ3n) is 4.55. The minimum Gasteiger partial charge on any atom is -0.497 e. The number of ether oxygens (including phenoxy) is 2. The normalized spacial score (nSPS) is 18.7. The molecule has 1 amide bonds. The van der Waals surface area contributed by atoms with Crippen LogP contribution in [0, 0.1) is 0 Å². The first kappa shape index (κ1) is 18.2. The summed E-state index contributed by atoms with van der Waals surface area (Å²) >= 11 is 6.02. The molecular weight excluding hydrogens is 358 g/mol. The van der Waals surface area contributed by atoms with Crippen LogP contribution in [0.2, 0.25) is 5.02 Å². The van der Waals surface area contributed by atoms with Crippen molar-refractivity contribution in [3.05, 3.63) is 52.5 Å². The Hall–Kier alpha value is -2.57. The van der Waals surface area contributed by atoms with Crippen LogP contribution in [-0.2, 0) is 10.4 Å². The highest BCUT2D eigenvalue weighted by molar-refractivity contribution is 6.31. The van der Waals surface area contributed by atoms with E-state index in [1.54, 1.807) is 37.4 Å². The average Bonchev–Trinajstić information content (AvgIpc) is 2.82. The summed E-state index contributed by atoms with van der Waals surface area (Å²) in [4.78, 5) is 26.8. The zero-order valence-corrected chi connectivity index (χ0v) is 15.3. The van der Waals surface area contributed by atoms with Crippen molar-refractivity contribution in [2.75, 3.05) is 26.2 Å². The molecule has 0 aromatic heterocycles. The number of hydrogen-bond donors (Lipinski definition) is 1. The van der Waals surface area contributed by atoms with Crippen molar-refractivity contribution < 1.29 is 24.2 Å². The number of hydrogen-bond acceptors (Lipinski definition) is 5. The van der Waals surface area contributed by atoms with Gasteiger partial charge in [0.1, 0.15) is 11.5 Å². The van der Waals surface area contributed by atoms with Gasteiger partial charge in [0, 0.05) is 23.7 Å². The third kappa shape index (κ3) is 2.81. The number of ketones is 1. The number of rotatable bonds is 5. The Morgan fingerprint density at radius 2 is 1.92 bits per heavy atom. The van der Waals surface area contributed by atoms with Crippen LogP contribution in [0.4, 0.5) is 5.69 Å². The number of methoxy groups -OCH3 is 2. The second kappa shape index (κ2) is 6.63. The van der Waals surface area contributed by atoms with Gasteiger partial charge in [-0.15, -0.1) is 0 Å². The fourth-order valence-electron chi connectivity index (χ4n) is 3.16. The number of halogens is 1. The molecule has 1 N–H and O–H groups in total. The quantitative estimate of drug-likeness (QED) is 0.813. The number of fused-ring (bicyclic) bond motifs is 1. The van der Waals surface area contributed by atoms with Gasteiger partial charge in [0.25, 0.3) is 5.91 Å². The molecule has 1 unspecified atom stereocenters. The predicted molar refractivity (Wildman–Crippen MR) is 97.3 cm³/mol. The van der Waals surface area contributed by atoms with E-state index in [9.17, 15) is 14.7 Å². The van der Waals surface area contributed by atoms with Crippen molar-refractivity contribution in [2.45, 2.75) is 12.0 Å². The molecule has 7 heteroatoms. The highest BCUT2D eigenvalue weighted by Gasteiger charge is 2.50. The van der Waals surface area contributed by atoms with Crippen LogP contribution in [-0.4, -0.2) is 38.1 Å². The van der Waals surface area contributed by atoms with Crippen molar-refractivity contribution in [3.63, 3.8) is 0 Å². The first-order valence-electron chi connectivity index (χ1n) is 7.87. The smallest absolute Gasteiger partial charge is 0.263 e. The standard InChI is InChI=1S/C19H18ClNO5/c1-21-15-7-4-11(20)8-14(15)19(24,18(21)23)10-16(22)13-6-5-12(25-2)9-17(13)26-3/h4-9,24H,10H2,1-3H3. The number of anilines is 1. The van der Waals surface area contributed by atoms with E-state index in [0.717, 1.165) is 0 Å². The summed E-state index contributed by atoms with van der Waals surface area (Å²) in [7, 11) is 4.49. The molecule has 0 radical (unpaired) electrons. The number of benzene rings is 2. The topological polar surface area (TPSA) is 76.1 Å². The van der Waals surface area contributed by atoms with Gasteiger partial charge in [-0.25, -0.2) is 0 Å². The Balaban J connectivity index is 2.00. The van der Waals surface area contributed by atoms with E-state index in [2.05, 4.69) is 0 Å². The van der Waals surface area contributed by atoms with E-state index >= 15 is 0 Å². The van der Waals surface area contributed by atoms with Crippen molar-refractivity contribution in [2.24, 2.45) is 0 Å². The predicted octanol–water partition coefficient (Wildman–Crippen LogP) is 2.79. The lowest BCUT2D eigenvalue weighted by Crippen LogP contribution is -2.40. The lowest BCUT2D eigenvalue weighted by molar-refractivity contribution is -0.135. The fraction of sp³-hybridized carbons (Fsp3) is 0.263. The third-order valence-corrected chi connectivity index (χ3v) is 4.78. The molecule has 1 atom stereocenters. The van der Waals surface area contributed by atoms with Crippen LogP contribution in [0.15, 0.2) is 36.4 Å². The van der Waals surface area contributed by atoms with Crippen molar-refractivity contribution >= 4 is 29.0 Å². The Morgan fingerprint density at radius 1 is 1.19 bits per heavy atom. The molecule has 1 aliphatic rings. The minimum absolute atomic E-state index is 0.257. The largest absolute Gasteiger partial charge is 0.497 e. The zero-order chi connectivity index (χ0) is 19.1. The Kier molecular flexibility index (Phi) is 4.64. The summed E-state index contributed by atoms with van der Waals surface area (Å²) in [6.07, 6.45) is -0.424. The molecule has 0 aliphatic carbocycles. The molecule has 0 spiro atoms. The Labute approximate surface area is 155 Å². The van der Waals surface area contributed by atoms with Gasteiger partial charge >= 0.3 is 0 Å². The monoisotopic (exact) mass is 375 g/mol. The molecule has 3 rings (SSSR count). The molecule has 0 fully saturated rings. The second-order valence-corrected chi connectivity index (χ2v) is 6.49. The number of nitrogens with zero attached hydrogens (tertiary/aromatic N) is 1. The highest BCUT2D eigenvalue weighted by Crippen LogP contribution is 2.43. The van der Waals surface area contributed by atoms with E-state index in [1.807, 2.05) is 0 Å². The van der Waals surface area contributed by atoms with Crippen LogP contribution >= 0.6 is 11.6 Å². The van der Waals surface area contributed by atoms with Crippen LogP contribution in [0.3, 0.4) is 0 Å². The molecule has 2 aromatic rings. The molecule has 26 heavy (non-hydrogen) atoms. The summed E-state index contributed by atoms with van der Waals surface area (Å²) in [5.74, 6) is -0.161. The summed E-state index contributed by atoms with van der Waals surface area (Å²) < 4.78 is 10.4. The first-order chi connectivity index (χ1) is 12.3. The molecule has 1 heterocycles. The van der Waals surface area contributed by atoms with E-state index in [1.165, 1.54) is 25.2 Å². The summed E-state index contributed by atoms with van der Waals surface area (Å²) in [5.41, 5.74) is -0.876. The van der Waals surface area contributed by atoms with Crippen LogP contribution in [0.1, 0.15) is 22.3 Å². The van der Waals surface area contributed by atoms with Crippen molar-refractivity contribution in [1.82, 2.24) is 0 Å². The van der Waals surface area contributed by atoms with Crippen LogP contribution in [0.5, 0.6) is 11.5 Å². The van der Waals surface area contributed by atoms with Gasteiger partial charge < -0.3 is 19.5 Å². The van der Waals surface area contributed by atoms with E-state index < -0.39 is 23.7 Å². The summed E-state index contributed by atoms with van der Waals surface area (Å²) in [6.45, 7) is 0. The van der Waals surface area contributed by atoms with Gasteiger partial charge in [-0.05, 0) is 30.3 Å². The molecule has 0 saturated carbocycles.